The number of nitrogens with zero attached hydrogens (tertiary/aromatic N) is 1. The van der Waals surface area contributed by atoms with Crippen LogP contribution in [0.1, 0.15) is 194 Å². The summed E-state index contributed by atoms with van der Waals surface area (Å²) < 4.78 is 0. The Morgan fingerprint density at radius 1 is 0.422 bits per heavy atom. The molecule has 1 saturated heterocycles. The molecule has 0 saturated carbocycles. The lowest BCUT2D eigenvalue weighted by Gasteiger charge is -2.48. The second kappa shape index (κ2) is 34.0. The van der Waals surface area contributed by atoms with Gasteiger partial charge >= 0.3 is 0 Å². The highest BCUT2D eigenvalue weighted by molar-refractivity contribution is 8.00. The van der Waals surface area contributed by atoms with Gasteiger partial charge in [-0.15, -0.1) is 0 Å². The Morgan fingerprint density at radius 3 is 1.02 bits per heavy atom. The van der Waals surface area contributed by atoms with Gasteiger partial charge in [-0.05, 0) is 82.8 Å². The van der Waals surface area contributed by atoms with E-state index in [0.29, 0.717) is 5.41 Å². The van der Waals surface area contributed by atoms with Gasteiger partial charge in [0.2, 0.25) is 0 Å². The van der Waals surface area contributed by atoms with E-state index in [1.54, 1.807) is 0 Å². The van der Waals surface area contributed by atoms with E-state index in [4.69, 9.17) is 0 Å². The van der Waals surface area contributed by atoms with E-state index in [-0.39, 0.29) is 0 Å². The zero-order valence-electron chi connectivity index (χ0n) is 31.1. The third kappa shape index (κ3) is 28.8. The van der Waals surface area contributed by atoms with Crippen LogP contribution in [-0.4, -0.2) is 48.0 Å². The lowest BCUT2D eigenvalue weighted by atomic mass is 9.84. The van der Waals surface area contributed by atoms with Gasteiger partial charge < -0.3 is 4.90 Å². The van der Waals surface area contributed by atoms with Crippen LogP contribution in [-0.2, 0) is 0 Å². The molecule has 0 aromatic rings. The van der Waals surface area contributed by atoms with Gasteiger partial charge in [0.25, 0.3) is 0 Å². The first kappa shape index (κ1) is 43.2. The van der Waals surface area contributed by atoms with Crippen LogP contribution in [0.3, 0.4) is 0 Å². The van der Waals surface area contributed by atoms with E-state index >= 15 is 0 Å². The Kier molecular flexibility index (Phi) is 32.6. The molecule has 0 bridgehead atoms. The first-order valence-electron chi connectivity index (χ1n) is 20.4. The molecule has 1 nitrogen and oxygen atoms in total. The second-order valence-corrected chi connectivity index (χ2v) is 16.9. The average Bonchev–Trinajstić information content (AvgIpc) is 3.02. The van der Waals surface area contributed by atoms with E-state index in [0.717, 1.165) is 0 Å². The number of rotatable bonds is 36. The van der Waals surface area contributed by atoms with E-state index in [1.165, 1.54) is 216 Å². The zero-order chi connectivity index (χ0) is 32.4. The normalized spacial score (nSPS) is 15.1. The molecule has 0 aromatic heterocycles. The topological polar surface area (TPSA) is 3.24 Å². The summed E-state index contributed by atoms with van der Waals surface area (Å²) in [6, 6.07) is 0. The number of hydrogen-bond acceptors (Lipinski definition) is 3. The number of allylic oxidation sites excluding steroid dienone is 4. The van der Waals surface area contributed by atoms with Gasteiger partial charge in [0.15, 0.2) is 0 Å². The van der Waals surface area contributed by atoms with Crippen LogP contribution >= 0.6 is 23.5 Å². The van der Waals surface area contributed by atoms with Gasteiger partial charge in [0.1, 0.15) is 0 Å². The van der Waals surface area contributed by atoms with Crippen LogP contribution in [0.4, 0.5) is 0 Å². The highest BCUT2D eigenvalue weighted by atomic mass is 32.2. The Labute approximate surface area is 293 Å². The van der Waals surface area contributed by atoms with Gasteiger partial charge in [-0.25, -0.2) is 0 Å². The number of thioether (sulfide) groups is 2. The van der Waals surface area contributed by atoms with Crippen LogP contribution < -0.4 is 0 Å². The van der Waals surface area contributed by atoms with Crippen molar-refractivity contribution in [1.29, 1.82) is 0 Å². The Hall–Kier alpha value is 0.140. The maximum Gasteiger partial charge on any atom is 0.0138 e. The number of unbranched alkanes of at least 4 members (excludes halogenated alkanes) is 24. The van der Waals surface area contributed by atoms with Crippen molar-refractivity contribution in [2.24, 2.45) is 5.41 Å². The van der Waals surface area contributed by atoms with E-state index in [2.05, 4.69) is 73.6 Å². The molecule has 266 valence electrons. The maximum atomic E-state index is 2.54. The minimum absolute atomic E-state index is 0.606. The molecular weight excluding hydrogens is 583 g/mol. The predicted molar refractivity (Wildman–Crippen MR) is 213 cm³/mol. The van der Waals surface area contributed by atoms with Gasteiger partial charge in [0.05, 0.1) is 0 Å². The molecule has 1 rings (SSSR count). The third-order valence-corrected chi connectivity index (χ3v) is 12.4. The van der Waals surface area contributed by atoms with E-state index in [1.807, 2.05) is 0 Å². The predicted octanol–water partition coefficient (Wildman–Crippen LogP) is 14.5. The fraction of sp³-hybridized carbons (Fsp3) is 0.905. The summed E-state index contributed by atoms with van der Waals surface area (Å²) in [4.78, 5) is 2.54. The van der Waals surface area contributed by atoms with Crippen molar-refractivity contribution in [2.75, 3.05) is 43.1 Å². The molecule has 1 heterocycles. The number of likely N-dealkylation sites (tertiary alicyclic amines) is 1. The van der Waals surface area contributed by atoms with Crippen molar-refractivity contribution < 1.29 is 0 Å². The first-order chi connectivity index (χ1) is 22.2. The van der Waals surface area contributed by atoms with Gasteiger partial charge in [-0.1, -0.05) is 154 Å². The molecule has 3 heteroatoms. The third-order valence-electron chi connectivity index (χ3n) is 9.63. The molecule has 1 aliphatic rings. The van der Waals surface area contributed by atoms with Crippen LogP contribution in [0.2, 0.25) is 0 Å². The quantitative estimate of drug-likeness (QED) is 0.0485. The zero-order valence-corrected chi connectivity index (χ0v) is 32.7. The molecule has 1 fully saturated rings. The molecule has 0 aliphatic carbocycles. The average molecular weight is 664 g/mol. The smallest absolute Gasteiger partial charge is 0.0138 e. The van der Waals surface area contributed by atoms with Crippen LogP contribution in [0, 0.1) is 5.41 Å². The van der Waals surface area contributed by atoms with Crippen LogP contribution in [0.25, 0.3) is 0 Å². The minimum atomic E-state index is 0.606. The SMILES string of the molecule is CCCCCCCC/C=C\CCCCCCCCSCC1(CSCCCCCCCC/C=C\CCCCCCCC)CN(C)C1. The summed E-state index contributed by atoms with van der Waals surface area (Å²) in [5, 5.41) is 0. The highest BCUT2D eigenvalue weighted by Gasteiger charge is 2.40. The molecule has 0 unspecified atom stereocenters. The summed E-state index contributed by atoms with van der Waals surface area (Å²) in [5.74, 6) is 5.55. The molecule has 0 spiro atoms. The lowest BCUT2D eigenvalue weighted by Crippen LogP contribution is -2.57. The van der Waals surface area contributed by atoms with Crippen molar-refractivity contribution in [1.82, 2.24) is 4.90 Å². The van der Waals surface area contributed by atoms with Crippen molar-refractivity contribution in [3.8, 4) is 0 Å². The minimum Gasteiger partial charge on any atom is -0.305 e. The van der Waals surface area contributed by atoms with Crippen molar-refractivity contribution in [2.45, 2.75) is 194 Å². The van der Waals surface area contributed by atoms with Gasteiger partial charge in [0, 0.05) is 30.0 Å². The van der Waals surface area contributed by atoms with Gasteiger partial charge in [-0.2, -0.15) is 23.5 Å². The summed E-state index contributed by atoms with van der Waals surface area (Å²) in [6.45, 7) is 7.25. The van der Waals surface area contributed by atoms with E-state index < -0.39 is 0 Å². The van der Waals surface area contributed by atoms with Crippen molar-refractivity contribution >= 4 is 23.5 Å². The number of hydrogen-bond donors (Lipinski definition) is 0. The molecule has 0 aromatic carbocycles. The molecule has 0 amide bonds. The Morgan fingerprint density at radius 2 is 0.711 bits per heavy atom. The molecule has 0 N–H and O–H groups in total. The van der Waals surface area contributed by atoms with Crippen molar-refractivity contribution in [3.05, 3.63) is 24.3 Å². The highest BCUT2D eigenvalue weighted by Crippen LogP contribution is 2.37. The van der Waals surface area contributed by atoms with Gasteiger partial charge in [-0.3, -0.25) is 0 Å². The summed E-state index contributed by atoms with van der Waals surface area (Å²) >= 11 is 4.52. The molecule has 45 heavy (non-hydrogen) atoms. The Bertz CT molecular complexity index is 591. The Balaban J connectivity index is 1.86. The monoisotopic (exact) mass is 664 g/mol. The second-order valence-electron chi connectivity index (χ2n) is 14.7. The maximum absolute atomic E-state index is 2.54. The van der Waals surface area contributed by atoms with Crippen LogP contribution in [0.5, 0.6) is 0 Å². The molecule has 0 atom stereocenters. The molecule has 1 aliphatic heterocycles. The largest absolute Gasteiger partial charge is 0.305 e. The fourth-order valence-electron chi connectivity index (χ4n) is 6.80. The summed E-state index contributed by atoms with van der Waals surface area (Å²) in [6.07, 6.45) is 49.1. The lowest BCUT2D eigenvalue weighted by molar-refractivity contribution is 0.0657. The van der Waals surface area contributed by atoms with Crippen molar-refractivity contribution in [3.63, 3.8) is 0 Å². The fourth-order valence-corrected chi connectivity index (χ4v) is 9.47. The molecule has 0 radical (unpaired) electrons. The van der Waals surface area contributed by atoms with Crippen LogP contribution in [0.15, 0.2) is 24.3 Å². The van der Waals surface area contributed by atoms with E-state index in [9.17, 15) is 0 Å². The summed E-state index contributed by atoms with van der Waals surface area (Å²) in [5.41, 5.74) is 0.606. The molecular formula is C42H81NS2. The summed E-state index contributed by atoms with van der Waals surface area (Å²) in [7, 11) is 2.31. The first-order valence-corrected chi connectivity index (χ1v) is 22.7. The standard InChI is InChI=1S/C42H81NS2/c1-4-6-8-10-12-14-16-18-20-22-24-26-28-30-32-34-36-44-40-42(38-43(3)39-42)41-45-37-35-33-31-29-27-25-23-21-19-17-15-13-11-9-7-5-2/h18-21H,4-17,22-41H2,1-3H3/b20-18-,21-19-.